The molecule has 2 unspecified atom stereocenters. The van der Waals surface area contributed by atoms with E-state index in [4.69, 9.17) is 33.0 Å². The van der Waals surface area contributed by atoms with Crippen molar-refractivity contribution in [1.82, 2.24) is 4.90 Å². The Kier molecular flexibility index (Phi) is 4.86. The molecule has 0 amide bonds. The normalized spacial score (nSPS) is 27.3. The van der Waals surface area contributed by atoms with E-state index in [9.17, 15) is 4.79 Å². The zero-order valence-corrected chi connectivity index (χ0v) is 9.83. The Bertz CT molecular complexity index is 270. The zero-order valence-electron chi connectivity index (χ0n) is 8.32. The van der Waals surface area contributed by atoms with E-state index in [0.717, 1.165) is 0 Å². The second kappa shape index (κ2) is 5.70. The fourth-order valence-corrected chi connectivity index (χ4v) is 1.86. The topological polar surface area (TPSA) is 49.8 Å². The summed E-state index contributed by atoms with van der Waals surface area (Å²) in [6, 6.07) is -0.145. The van der Waals surface area contributed by atoms with Gasteiger partial charge < -0.3 is 9.84 Å². The molecule has 1 aliphatic rings. The van der Waals surface area contributed by atoms with Gasteiger partial charge in [0.1, 0.15) is 0 Å². The van der Waals surface area contributed by atoms with Crippen LogP contribution >= 0.6 is 23.2 Å². The summed E-state index contributed by atoms with van der Waals surface area (Å²) in [4.78, 5) is 12.7. The maximum atomic E-state index is 10.9. The third-order valence-electron chi connectivity index (χ3n) is 2.45. The lowest BCUT2D eigenvalue weighted by Gasteiger charge is -2.25. The van der Waals surface area contributed by atoms with Crippen molar-refractivity contribution in [3.05, 3.63) is 10.6 Å². The Morgan fingerprint density at radius 3 is 2.87 bits per heavy atom. The van der Waals surface area contributed by atoms with Gasteiger partial charge in [0.2, 0.25) is 0 Å². The van der Waals surface area contributed by atoms with Gasteiger partial charge in [-0.3, -0.25) is 9.69 Å². The number of carbonyl (C=O) groups is 1. The van der Waals surface area contributed by atoms with Gasteiger partial charge >= 0.3 is 5.97 Å². The highest BCUT2D eigenvalue weighted by Gasteiger charge is 2.36. The molecule has 0 radical (unpaired) electrons. The van der Waals surface area contributed by atoms with Crippen molar-refractivity contribution < 1.29 is 14.6 Å². The third kappa shape index (κ3) is 3.34. The van der Waals surface area contributed by atoms with E-state index >= 15 is 0 Å². The summed E-state index contributed by atoms with van der Waals surface area (Å²) in [6.07, 6.45) is 0. The lowest BCUT2D eigenvalue weighted by Crippen LogP contribution is -2.41. The van der Waals surface area contributed by atoms with Crippen molar-refractivity contribution in [2.45, 2.75) is 6.04 Å². The highest BCUT2D eigenvalue weighted by atomic mass is 35.5. The van der Waals surface area contributed by atoms with Crippen LogP contribution in [0.2, 0.25) is 0 Å². The van der Waals surface area contributed by atoms with Crippen molar-refractivity contribution in [2.24, 2.45) is 5.92 Å². The van der Waals surface area contributed by atoms with E-state index in [2.05, 4.69) is 0 Å². The van der Waals surface area contributed by atoms with Crippen molar-refractivity contribution >= 4 is 29.2 Å². The molecule has 0 aromatic carbocycles. The van der Waals surface area contributed by atoms with Gasteiger partial charge in [0, 0.05) is 23.2 Å². The molecular weight excluding hydrogens is 241 g/mol. The monoisotopic (exact) mass is 253 g/mol. The molecule has 1 aliphatic heterocycles. The summed E-state index contributed by atoms with van der Waals surface area (Å²) in [5, 5.41) is 9.43. The minimum Gasteiger partial charge on any atom is -0.481 e. The average Bonchev–Trinajstić information content (AvgIpc) is 2.65. The van der Waals surface area contributed by atoms with E-state index in [0.29, 0.717) is 18.2 Å². The van der Waals surface area contributed by atoms with Crippen molar-refractivity contribution in [2.75, 3.05) is 26.8 Å². The first-order valence-corrected chi connectivity index (χ1v) is 5.33. The van der Waals surface area contributed by atoms with Crippen LogP contribution in [0.15, 0.2) is 10.6 Å². The molecule has 4 nitrogen and oxygen atoms in total. The van der Waals surface area contributed by atoms with E-state index < -0.39 is 11.9 Å². The summed E-state index contributed by atoms with van der Waals surface area (Å²) < 4.78 is 5.15. The number of carboxylic acid groups (broad SMARTS) is 1. The maximum Gasteiger partial charge on any atom is 0.310 e. The molecule has 0 aromatic rings. The number of ether oxygens (including phenoxy) is 1. The number of likely N-dealkylation sites (N-methyl/N-ethyl adjacent to an activating group) is 1. The summed E-state index contributed by atoms with van der Waals surface area (Å²) in [7, 11) is 1.80. The standard InChI is InChI=1S/C9H13Cl2NO3/c1-12(3-6(11)2-10)8-5-15-4-7(8)9(13)14/h2,7-8H,3-5H2,1H3,(H,13,14). The van der Waals surface area contributed by atoms with E-state index in [1.165, 1.54) is 5.54 Å². The maximum absolute atomic E-state index is 10.9. The molecule has 86 valence electrons. The quantitative estimate of drug-likeness (QED) is 0.822. The molecule has 1 fully saturated rings. The van der Waals surface area contributed by atoms with Crippen LogP contribution in [0.1, 0.15) is 0 Å². The molecule has 0 aliphatic carbocycles. The predicted molar refractivity (Wildman–Crippen MR) is 58.2 cm³/mol. The van der Waals surface area contributed by atoms with E-state index in [1.54, 1.807) is 7.05 Å². The van der Waals surface area contributed by atoms with Gasteiger partial charge in [0.25, 0.3) is 0 Å². The van der Waals surface area contributed by atoms with Crippen LogP contribution in [0, 0.1) is 5.92 Å². The number of hydrogen-bond donors (Lipinski definition) is 1. The number of nitrogens with zero attached hydrogens (tertiary/aromatic N) is 1. The van der Waals surface area contributed by atoms with Crippen LogP contribution in [-0.2, 0) is 9.53 Å². The molecule has 0 bridgehead atoms. The molecule has 15 heavy (non-hydrogen) atoms. The fourth-order valence-electron chi connectivity index (χ4n) is 1.60. The van der Waals surface area contributed by atoms with Crippen LogP contribution in [-0.4, -0.2) is 48.8 Å². The molecule has 1 rings (SSSR count). The van der Waals surface area contributed by atoms with Crippen LogP contribution < -0.4 is 0 Å². The number of carboxylic acids is 1. The molecule has 0 aromatic heterocycles. The minimum absolute atomic E-state index is 0.145. The first-order valence-electron chi connectivity index (χ1n) is 4.51. The van der Waals surface area contributed by atoms with Crippen molar-refractivity contribution in [3.63, 3.8) is 0 Å². The van der Waals surface area contributed by atoms with Crippen molar-refractivity contribution in [3.8, 4) is 0 Å². The second-order valence-corrected chi connectivity index (χ2v) is 4.22. The van der Waals surface area contributed by atoms with E-state index in [1.807, 2.05) is 4.90 Å². The van der Waals surface area contributed by atoms with Crippen LogP contribution in [0.25, 0.3) is 0 Å². The summed E-state index contributed by atoms with van der Waals surface area (Å²) in [6.45, 7) is 1.11. The lowest BCUT2D eigenvalue weighted by atomic mass is 10.0. The Balaban J connectivity index is 2.58. The summed E-state index contributed by atoms with van der Waals surface area (Å²) in [5.41, 5.74) is 1.28. The first-order chi connectivity index (χ1) is 7.06. The number of halogens is 2. The van der Waals surface area contributed by atoms with Gasteiger partial charge in [-0.15, -0.1) is 0 Å². The number of rotatable bonds is 4. The average molecular weight is 254 g/mol. The molecule has 0 spiro atoms. The Morgan fingerprint density at radius 2 is 2.33 bits per heavy atom. The predicted octanol–water partition coefficient (Wildman–Crippen LogP) is 1.34. The van der Waals surface area contributed by atoms with Crippen LogP contribution in [0.5, 0.6) is 0 Å². The highest BCUT2D eigenvalue weighted by molar-refractivity contribution is 6.36. The summed E-state index contributed by atoms with van der Waals surface area (Å²) in [5.74, 6) is -1.33. The van der Waals surface area contributed by atoms with Gasteiger partial charge in [0.15, 0.2) is 0 Å². The van der Waals surface area contributed by atoms with Gasteiger partial charge in [-0.25, -0.2) is 0 Å². The molecule has 2 atom stereocenters. The Labute approximate surface area is 98.4 Å². The van der Waals surface area contributed by atoms with Gasteiger partial charge in [0.05, 0.1) is 19.1 Å². The minimum atomic E-state index is -0.838. The molecule has 0 saturated carbocycles. The van der Waals surface area contributed by atoms with Gasteiger partial charge in [-0.05, 0) is 7.05 Å². The summed E-state index contributed by atoms with van der Waals surface area (Å²) >= 11 is 11.2. The molecular formula is C9H13Cl2NO3. The van der Waals surface area contributed by atoms with E-state index in [-0.39, 0.29) is 12.6 Å². The fraction of sp³-hybridized carbons (Fsp3) is 0.667. The first kappa shape index (κ1) is 12.8. The number of hydrogen-bond acceptors (Lipinski definition) is 3. The second-order valence-electron chi connectivity index (χ2n) is 3.52. The third-order valence-corrected chi connectivity index (χ3v) is 3.06. The lowest BCUT2D eigenvalue weighted by molar-refractivity contribution is -0.143. The molecule has 1 heterocycles. The van der Waals surface area contributed by atoms with Gasteiger partial charge in [-0.2, -0.15) is 0 Å². The Hall–Kier alpha value is -0.290. The largest absolute Gasteiger partial charge is 0.481 e. The number of aliphatic carboxylic acids is 1. The van der Waals surface area contributed by atoms with Crippen LogP contribution in [0.3, 0.4) is 0 Å². The zero-order chi connectivity index (χ0) is 11.4. The highest BCUT2D eigenvalue weighted by Crippen LogP contribution is 2.20. The Morgan fingerprint density at radius 1 is 1.67 bits per heavy atom. The smallest absolute Gasteiger partial charge is 0.310 e. The van der Waals surface area contributed by atoms with Gasteiger partial charge in [-0.1, -0.05) is 23.2 Å². The molecule has 1 saturated heterocycles. The van der Waals surface area contributed by atoms with Crippen molar-refractivity contribution in [1.29, 1.82) is 0 Å². The van der Waals surface area contributed by atoms with Crippen LogP contribution in [0.4, 0.5) is 0 Å². The molecule has 1 N–H and O–H groups in total. The SMILES string of the molecule is CN(CC(Cl)=CCl)C1COCC1C(=O)O. The molecule has 6 heteroatoms.